The maximum Gasteiger partial charge on any atom is 0.116 e. The first kappa shape index (κ1) is 11.4. The smallest absolute Gasteiger partial charge is 0.116 e. The van der Waals surface area contributed by atoms with Gasteiger partial charge in [-0.25, -0.2) is 0 Å². The van der Waals surface area contributed by atoms with Gasteiger partial charge in [-0.3, -0.25) is 0 Å². The van der Waals surface area contributed by atoms with Crippen LogP contribution in [0.3, 0.4) is 0 Å². The number of aromatic hydroxyl groups is 1. The molecule has 1 atom stereocenters. The van der Waals surface area contributed by atoms with E-state index in [0.717, 1.165) is 16.6 Å². The minimum absolute atomic E-state index is 0.359. The van der Waals surface area contributed by atoms with Gasteiger partial charge in [-0.05, 0) is 24.1 Å². The van der Waals surface area contributed by atoms with E-state index in [1.54, 1.807) is 6.07 Å². The molecule has 0 aliphatic heterocycles. The predicted molar refractivity (Wildman–Crippen MR) is 62.9 cm³/mol. The number of hydrogen-bond acceptors (Lipinski definition) is 2. The Morgan fingerprint density at radius 3 is 2.86 bits per heavy atom. The van der Waals surface area contributed by atoms with Crippen LogP contribution in [0, 0.1) is 5.92 Å². The molecule has 0 saturated heterocycles. The highest BCUT2D eigenvalue weighted by atomic mass is 32.2. The van der Waals surface area contributed by atoms with Gasteiger partial charge in [0.2, 0.25) is 0 Å². The number of phenolic OH excluding ortho intramolecular Hbond substituents is 1. The Morgan fingerprint density at radius 2 is 2.21 bits per heavy atom. The first-order valence-corrected chi connectivity index (χ1v) is 6.12. The van der Waals surface area contributed by atoms with Crippen molar-refractivity contribution in [2.24, 2.45) is 5.92 Å². The van der Waals surface area contributed by atoms with Crippen LogP contribution in [0.25, 0.3) is 0 Å². The zero-order valence-electron chi connectivity index (χ0n) is 8.86. The van der Waals surface area contributed by atoms with Crippen molar-refractivity contribution in [3.05, 3.63) is 24.3 Å². The second-order valence-electron chi connectivity index (χ2n) is 3.70. The fourth-order valence-corrected chi connectivity index (χ4v) is 2.41. The first-order chi connectivity index (χ1) is 6.72. The number of rotatable bonds is 5. The highest BCUT2D eigenvalue weighted by Crippen LogP contribution is 2.25. The van der Waals surface area contributed by atoms with Gasteiger partial charge in [0.25, 0.3) is 0 Å². The molecule has 0 amide bonds. The van der Waals surface area contributed by atoms with Crippen LogP contribution in [-0.2, 0) is 0 Å². The van der Waals surface area contributed by atoms with E-state index in [-0.39, 0.29) is 0 Å². The van der Waals surface area contributed by atoms with Gasteiger partial charge in [-0.2, -0.15) is 0 Å². The van der Waals surface area contributed by atoms with Crippen LogP contribution in [-0.4, -0.2) is 10.9 Å². The molecule has 14 heavy (non-hydrogen) atoms. The molecule has 78 valence electrons. The summed E-state index contributed by atoms with van der Waals surface area (Å²) in [4.78, 5) is 1.16. The SMILES string of the molecule is CCCC(C)CSc1cccc(O)c1. The van der Waals surface area contributed by atoms with E-state index in [9.17, 15) is 5.11 Å². The summed E-state index contributed by atoms with van der Waals surface area (Å²) >= 11 is 1.82. The van der Waals surface area contributed by atoms with E-state index < -0.39 is 0 Å². The summed E-state index contributed by atoms with van der Waals surface area (Å²) in [5, 5.41) is 9.27. The normalized spacial score (nSPS) is 12.7. The summed E-state index contributed by atoms with van der Waals surface area (Å²) < 4.78 is 0. The molecule has 0 heterocycles. The predicted octanol–water partition coefficient (Wildman–Crippen LogP) is 3.92. The minimum atomic E-state index is 0.359. The van der Waals surface area contributed by atoms with Gasteiger partial charge >= 0.3 is 0 Å². The number of hydrogen-bond donors (Lipinski definition) is 1. The van der Waals surface area contributed by atoms with Gasteiger partial charge in [-0.1, -0.05) is 32.8 Å². The molecule has 2 heteroatoms. The fraction of sp³-hybridized carbons (Fsp3) is 0.500. The second-order valence-corrected chi connectivity index (χ2v) is 4.80. The topological polar surface area (TPSA) is 20.2 Å². The lowest BCUT2D eigenvalue weighted by Crippen LogP contribution is -1.96. The van der Waals surface area contributed by atoms with Gasteiger partial charge in [0.15, 0.2) is 0 Å². The van der Waals surface area contributed by atoms with E-state index in [4.69, 9.17) is 0 Å². The largest absolute Gasteiger partial charge is 0.508 e. The van der Waals surface area contributed by atoms with E-state index in [1.807, 2.05) is 30.0 Å². The fourth-order valence-electron chi connectivity index (χ4n) is 1.39. The summed E-state index contributed by atoms with van der Waals surface area (Å²) in [5.74, 6) is 2.25. The highest BCUT2D eigenvalue weighted by molar-refractivity contribution is 7.99. The van der Waals surface area contributed by atoms with Crippen molar-refractivity contribution in [1.29, 1.82) is 0 Å². The van der Waals surface area contributed by atoms with Crippen LogP contribution >= 0.6 is 11.8 Å². The Bertz CT molecular complexity index is 273. The Kier molecular flexibility index (Phi) is 4.88. The van der Waals surface area contributed by atoms with Crippen molar-refractivity contribution in [3.63, 3.8) is 0 Å². The van der Waals surface area contributed by atoms with Crippen molar-refractivity contribution < 1.29 is 5.11 Å². The molecule has 0 saturated carbocycles. The van der Waals surface area contributed by atoms with E-state index in [2.05, 4.69) is 13.8 Å². The van der Waals surface area contributed by atoms with Gasteiger partial charge in [-0.15, -0.1) is 11.8 Å². The maximum absolute atomic E-state index is 9.27. The molecule has 0 fully saturated rings. The molecule has 0 aromatic heterocycles. The Labute approximate surface area is 90.5 Å². The van der Waals surface area contributed by atoms with Gasteiger partial charge < -0.3 is 5.11 Å². The Balaban J connectivity index is 2.37. The van der Waals surface area contributed by atoms with E-state index in [1.165, 1.54) is 12.8 Å². The van der Waals surface area contributed by atoms with Crippen molar-refractivity contribution in [2.75, 3.05) is 5.75 Å². The van der Waals surface area contributed by atoms with Gasteiger partial charge in [0, 0.05) is 10.6 Å². The zero-order chi connectivity index (χ0) is 10.4. The lowest BCUT2D eigenvalue weighted by Gasteiger charge is -2.09. The summed E-state index contributed by atoms with van der Waals surface area (Å²) in [7, 11) is 0. The Hall–Kier alpha value is -0.630. The third-order valence-corrected chi connectivity index (χ3v) is 3.46. The molecule has 1 aromatic carbocycles. The van der Waals surface area contributed by atoms with E-state index >= 15 is 0 Å². The Morgan fingerprint density at radius 1 is 1.43 bits per heavy atom. The quantitative estimate of drug-likeness (QED) is 0.743. The summed E-state index contributed by atoms with van der Waals surface area (Å²) in [6, 6.07) is 7.47. The van der Waals surface area contributed by atoms with Crippen molar-refractivity contribution in [1.82, 2.24) is 0 Å². The summed E-state index contributed by atoms with van der Waals surface area (Å²) in [6.07, 6.45) is 2.54. The molecule has 0 spiro atoms. The molecular formula is C12H18OS. The van der Waals surface area contributed by atoms with E-state index in [0.29, 0.717) is 5.75 Å². The first-order valence-electron chi connectivity index (χ1n) is 5.14. The number of phenols is 1. The molecule has 0 aliphatic carbocycles. The number of benzene rings is 1. The lowest BCUT2D eigenvalue weighted by atomic mass is 10.1. The molecule has 0 aliphatic rings. The van der Waals surface area contributed by atoms with Crippen LogP contribution in [0.2, 0.25) is 0 Å². The summed E-state index contributed by atoms with van der Waals surface area (Å²) in [5.41, 5.74) is 0. The lowest BCUT2D eigenvalue weighted by molar-refractivity contribution is 0.474. The molecular weight excluding hydrogens is 192 g/mol. The molecule has 1 unspecified atom stereocenters. The molecule has 0 bridgehead atoms. The minimum Gasteiger partial charge on any atom is -0.508 e. The van der Waals surface area contributed by atoms with Crippen LogP contribution in [0.15, 0.2) is 29.2 Å². The highest BCUT2D eigenvalue weighted by Gasteiger charge is 2.02. The van der Waals surface area contributed by atoms with Crippen LogP contribution < -0.4 is 0 Å². The molecule has 1 aromatic rings. The molecule has 0 radical (unpaired) electrons. The molecule has 1 nitrogen and oxygen atoms in total. The van der Waals surface area contributed by atoms with Crippen molar-refractivity contribution >= 4 is 11.8 Å². The maximum atomic E-state index is 9.27. The third-order valence-electron chi connectivity index (χ3n) is 2.13. The number of thioether (sulfide) groups is 1. The standard InChI is InChI=1S/C12H18OS/c1-3-5-10(2)9-14-12-7-4-6-11(13)8-12/h4,6-8,10,13H,3,5,9H2,1-2H3. The van der Waals surface area contributed by atoms with Crippen molar-refractivity contribution in [2.45, 2.75) is 31.6 Å². The third kappa shape index (κ3) is 4.05. The average Bonchev–Trinajstić information content (AvgIpc) is 2.15. The van der Waals surface area contributed by atoms with Crippen LogP contribution in [0.4, 0.5) is 0 Å². The molecule has 1 N–H and O–H groups in total. The zero-order valence-corrected chi connectivity index (χ0v) is 9.68. The molecule has 1 rings (SSSR count). The van der Waals surface area contributed by atoms with Gasteiger partial charge in [0.1, 0.15) is 5.75 Å². The van der Waals surface area contributed by atoms with Crippen LogP contribution in [0.5, 0.6) is 5.75 Å². The monoisotopic (exact) mass is 210 g/mol. The average molecular weight is 210 g/mol. The van der Waals surface area contributed by atoms with Crippen molar-refractivity contribution in [3.8, 4) is 5.75 Å². The van der Waals surface area contributed by atoms with Gasteiger partial charge in [0.05, 0.1) is 0 Å². The second kappa shape index (κ2) is 5.97. The van der Waals surface area contributed by atoms with Crippen LogP contribution in [0.1, 0.15) is 26.7 Å². The summed E-state index contributed by atoms with van der Waals surface area (Å²) in [6.45, 7) is 4.49.